The number of carbonyl (C=O) groups excluding carboxylic acids is 1. The van der Waals surface area contributed by atoms with Crippen LogP contribution in [0.2, 0.25) is 0 Å². The number of rotatable bonds is 6. The Labute approximate surface area is 191 Å². The number of carbonyl (C=O) groups is 1. The van der Waals surface area contributed by atoms with Gasteiger partial charge in [-0.05, 0) is 54.0 Å². The molecule has 0 aliphatic heterocycles. The lowest BCUT2D eigenvalue weighted by Crippen LogP contribution is -2.15. The van der Waals surface area contributed by atoms with Crippen LogP contribution in [0, 0.1) is 12.8 Å². The molecule has 1 aliphatic rings. The molecule has 3 N–H and O–H groups in total. The van der Waals surface area contributed by atoms with Gasteiger partial charge in [0.1, 0.15) is 11.6 Å². The monoisotopic (exact) mass is 443 g/mol. The average molecular weight is 444 g/mol. The molecule has 0 saturated heterocycles. The maximum Gasteiger partial charge on any atom is 0.229 e. The van der Waals surface area contributed by atoms with Gasteiger partial charge in [-0.3, -0.25) is 14.5 Å². The Morgan fingerprint density at radius 1 is 1.24 bits per heavy atom. The van der Waals surface area contributed by atoms with Gasteiger partial charge in [0, 0.05) is 49.6 Å². The molecule has 9 nitrogen and oxygen atoms in total. The molecule has 0 aromatic carbocycles. The van der Waals surface area contributed by atoms with Gasteiger partial charge in [-0.2, -0.15) is 5.10 Å². The lowest BCUT2D eigenvalue weighted by atomic mass is 10.0. The van der Waals surface area contributed by atoms with Crippen molar-refractivity contribution in [3.05, 3.63) is 59.8 Å². The minimum absolute atomic E-state index is 0.0354. The molecule has 2 unspecified atom stereocenters. The second-order valence-electron chi connectivity index (χ2n) is 8.49. The van der Waals surface area contributed by atoms with Crippen molar-refractivity contribution in [2.75, 3.05) is 18.2 Å². The smallest absolute Gasteiger partial charge is 0.229 e. The minimum atomic E-state index is -0.0656. The maximum atomic E-state index is 12.8. The van der Waals surface area contributed by atoms with Gasteiger partial charge in [-0.15, -0.1) is 0 Å². The number of fused-ring (bicyclic) bond motifs is 1. The van der Waals surface area contributed by atoms with Gasteiger partial charge in [-0.1, -0.05) is 0 Å². The number of aryl methyl sites for hydroxylation is 2. The van der Waals surface area contributed by atoms with Crippen LogP contribution < -0.4 is 11.1 Å². The van der Waals surface area contributed by atoms with Crippen LogP contribution in [0.3, 0.4) is 0 Å². The third-order valence-corrected chi connectivity index (χ3v) is 6.01. The summed E-state index contributed by atoms with van der Waals surface area (Å²) in [4.78, 5) is 26.1. The van der Waals surface area contributed by atoms with Crippen molar-refractivity contribution < 1.29 is 9.53 Å². The van der Waals surface area contributed by atoms with Gasteiger partial charge in [0.2, 0.25) is 5.91 Å². The number of anilines is 2. The number of ether oxygens (including phenoxy) is 1. The first-order chi connectivity index (χ1) is 15.9. The van der Waals surface area contributed by atoms with E-state index in [-0.39, 0.29) is 17.7 Å². The highest BCUT2D eigenvalue weighted by Crippen LogP contribution is 2.47. The van der Waals surface area contributed by atoms with Gasteiger partial charge in [0.05, 0.1) is 24.2 Å². The number of pyridine rings is 3. The van der Waals surface area contributed by atoms with Gasteiger partial charge < -0.3 is 15.8 Å². The fraction of sp³-hybridized carbons (Fsp3) is 0.292. The molecular weight excluding hydrogens is 418 g/mol. The van der Waals surface area contributed by atoms with Crippen LogP contribution in [0.5, 0.6) is 0 Å². The summed E-state index contributed by atoms with van der Waals surface area (Å²) in [6.45, 7) is 2.45. The van der Waals surface area contributed by atoms with Crippen LogP contribution in [0.15, 0.2) is 43.0 Å². The molecular formula is C24H25N7O2. The first-order valence-electron chi connectivity index (χ1n) is 10.7. The molecule has 2 atom stereocenters. The summed E-state index contributed by atoms with van der Waals surface area (Å²) < 4.78 is 6.92. The van der Waals surface area contributed by atoms with Crippen molar-refractivity contribution in [1.29, 1.82) is 0 Å². The highest BCUT2D eigenvalue weighted by molar-refractivity contribution is 5.98. The largest absolute Gasteiger partial charge is 0.383 e. The number of hydrogen-bond donors (Lipinski definition) is 2. The van der Waals surface area contributed by atoms with E-state index in [1.807, 2.05) is 44.6 Å². The third-order valence-electron chi connectivity index (χ3n) is 6.01. The second kappa shape index (κ2) is 8.25. The molecule has 1 saturated carbocycles. The van der Waals surface area contributed by atoms with Gasteiger partial charge >= 0.3 is 0 Å². The van der Waals surface area contributed by atoms with E-state index in [0.717, 1.165) is 45.3 Å². The summed E-state index contributed by atoms with van der Waals surface area (Å²) in [5, 5.41) is 8.73. The minimum Gasteiger partial charge on any atom is -0.383 e. The number of aromatic nitrogens is 5. The highest BCUT2D eigenvalue weighted by Gasteiger charge is 2.44. The normalized spacial score (nSPS) is 17.3. The zero-order valence-corrected chi connectivity index (χ0v) is 18.7. The SMILES string of the molecule is COCc1cc(C)c(-c2cc3cc(NC(=O)C4CC4c4cnn(C)c4)ncc3c(N)n2)cn1. The zero-order valence-electron chi connectivity index (χ0n) is 18.7. The number of nitrogens with two attached hydrogens (primary N) is 1. The van der Waals surface area contributed by atoms with E-state index in [0.29, 0.717) is 18.2 Å². The molecule has 0 radical (unpaired) electrons. The average Bonchev–Trinajstić information content (AvgIpc) is 3.47. The highest BCUT2D eigenvalue weighted by atomic mass is 16.5. The Morgan fingerprint density at radius 2 is 2.09 bits per heavy atom. The maximum absolute atomic E-state index is 12.8. The van der Waals surface area contributed by atoms with Crippen molar-refractivity contribution in [3.63, 3.8) is 0 Å². The summed E-state index contributed by atoms with van der Waals surface area (Å²) in [6.07, 6.45) is 8.03. The zero-order chi connectivity index (χ0) is 23.1. The van der Waals surface area contributed by atoms with E-state index >= 15 is 0 Å². The van der Waals surface area contributed by atoms with Crippen molar-refractivity contribution >= 4 is 28.3 Å². The van der Waals surface area contributed by atoms with Crippen molar-refractivity contribution in [1.82, 2.24) is 24.7 Å². The Morgan fingerprint density at radius 3 is 2.82 bits per heavy atom. The molecule has 1 fully saturated rings. The summed E-state index contributed by atoms with van der Waals surface area (Å²) in [5.74, 6) is 0.983. The van der Waals surface area contributed by atoms with Gasteiger partial charge in [0.25, 0.3) is 0 Å². The van der Waals surface area contributed by atoms with Crippen molar-refractivity contribution in [2.24, 2.45) is 13.0 Å². The van der Waals surface area contributed by atoms with E-state index in [2.05, 4.69) is 25.4 Å². The molecule has 1 aliphatic carbocycles. The number of nitrogen functional groups attached to an aromatic ring is 1. The number of methoxy groups -OCH3 is 1. The Bertz CT molecular complexity index is 1360. The summed E-state index contributed by atoms with van der Waals surface area (Å²) in [7, 11) is 3.52. The second-order valence-corrected chi connectivity index (χ2v) is 8.49. The quantitative estimate of drug-likeness (QED) is 0.469. The molecule has 168 valence electrons. The van der Waals surface area contributed by atoms with Gasteiger partial charge in [-0.25, -0.2) is 9.97 Å². The fourth-order valence-corrected chi connectivity index (χ4v) is 4.19. The summed E-state index contributed by atoms with van der Waals surface area (Å²) in [5.41, 5.74) is 10.8. The topological polar surface area (TPSA) is 121 Å². The first kappa shape index (κ1) is 21.0. The molecule has 0 spiro atoms. The Hall–Kier alpha value is -3.85. The molecule has 9 heteroatoms. The van der Waals surface area contributed by atoms with E-state index < -0.39 is 0 Å². The lowest BCUT2D eigenvalue weighted by molar-refractivity contribution is -0.117. The third kappa shape index (κ3) is 4.14. The predicted octanol–water partition coefficient (Wildman–Crippen LogP) is 3.20. The predicted molar refractivity (Wildman–Crippen MR) is 125 cm³/mol. The van der Waals surface area contributed by atoms with Gasteiger partial charge in [0.15, 0.2) is 0 Å². The molecule has 4 aromatic rings. The molecule has 1 amide bonds. The van der Waals surface area contributed by atoms with E-state index in [9.17, 15) is 4.79 Å². The van der Waals surface area contributed by atoms with Crippen LogP contribution in [0.25, 0.3) is 22.0 Å². The van der Waals surface area contributed by atoms with E-state index in [1.165, 1.54) is 0 Å². The van der Waals surface area contributed by atoms with E-state index in [4.69, 9.17) is 10.5 Å². The molecule has 33 heavy (non-hydrogen) atoms. The summed E-state index contributed by atoms with van der Waals surface area (Å²) in [6, 6.07) is 5.75. The molecule has 0 bridgehead atoms. The number of nitrogens with one attached hydrogen (secondary N) is 1. The molecule has 5 rings (SSSR count). The Balaban J connectivity index is 1.39. The number of hydrogen-bond acceptors (Lipinski definition) is 7. The summed E-state index contributed by atoms with van der Waals surface area (Å²) >= 11 is 0. The van der Waals surface area contributed by atoms with E-state index in [1.54, 1.807) is 24.2 Å². The van der Waals surface area contributed by atoms with Crippen LogP contribution in [-0.4, -0.2) is 37.7 Å². The standard InChI is InChI=1S/C24H25N7O2/c1-13-4-16(12-33-3)26-9-19(13)21-5-14-6-22(27-10-20(14)23(25)29-21)30-24(32)18-7-17(18)15-8-28-31(2)11-15/h4-6,8-11,17-18H,7,12H2,1-3H3,(H2,25,29)(H,27,30,32). The van der Waals surface area contributed by atoms with Crippen LogP contribution >= 0.6 is 0 Å². The molecule has 4 heterocycles. The van der Waals surface area contributed by atoms with Crippen LogP contribution in [0.1, 0.15) is 29.2 Å². The number of nitrogens with zero attached hydrogens (tertiary/aromatic N) is 5. The lowest BCUT2D eigenvalue weighted by Gasteiger charge is -2.11. The molecule has 4 aromatic heterocycles. The van der Waals surface area contributed by atoms with Crippen molar-refractivity contribution in [3.8, 4) is 11.3 Å². The number of amides is 1. The van der Waals surface area contributed by atoms with Crippen LogP contribution in [0.4, 0.5) is 11.6 Å². The van der Waals surface area contributed by atoms with Crippen molar-refractivity contribution in [2.45, 2.75) is 25.9 Å². The first-order valence-corrected chi connectivity index (χ1v) is 10.7. The fourth-order valence-electron chi connectivity index (χ4n) is 4.19. The Kier molecular flexibility index (Phi) is 5.26. The van der Waals surface area contributed by atoms with Crippen LogP contribution in [-0.2, 0) is 23.2 Å².